The van der Waals surface area contributed by atoms with Gasteiger partial charge in [0.05, 0.1) is 12.6 Å². The number of rotatable bonds is 3. The van der Waals surface area contributed by atoms with Crippen molar-refractivity contribution in [2.24, 2.45) is 4.99 Å². The topological polar surface area (TPSA) is 24.4 Å². The highest BCUT2D eigenvalue weighted by molar-refractivity contribution is 8.14. The molecule has 1 atom stereocenters. The molecule has 0 saturated carbocycles. The van der Waals surface area contributed by atoms with Gasteiger partial charge in [0.15, 0.2) is 5.17 Å². The third-order valence-electron chi connectivity index (χ3n) is 3.20. The van der Waals surface area contributed by atoms with Crippen LogP contribution in [0.5, 0.6) is 0 Å². The van der Waals surface area contributed by atoms with Gasteiger partial charge in [-0.2, -0.15) is 0 Å². The van der Waals surface area contributed by atoms with E-state index < -0.39 is 0 Å². The first kappa shape index (κ1) is 13.2. The molecule has 1 fully saturated rings. The Morgan fingerprint density at radius 1 is 1.10 bits per heavy atom. The van der Waals surface area contributed by atoms with Crippen molar-refractivity contribution < 1.29 is 4.39 Å². The lowest BCUT2D eigenvalue weighted by Crippen LogP contribution is -2.19. The highest BCUT2D eigenvalue weighted by Crippen LogP contribution is 2.26. The summed E-state index contributed by atoms with van der Waals surface area (Å²) in [6.07, 6.45) is 0. The van der Waals surface area contributed by atoms with Gasteiger partial charge in [-0.25, -0.2) is 4.39 Å². The molecule has 1 unspecified atom stereocenters. The zero-order valence-electron chi connectivity index (χ0n) is 10.9. The largest absolute Gasteiger partial charge is 0.357 e. The molecule has 1 N–H and O–H groups in total. The van der Waals surface area contributed by atoms with Crippen LogP contribution < -0.4 is 5.32 Å². The van der Waals surface area contributed by atoms with Crippen molar-refractivity contribution in [3.05, 3.63) is 71.5 Å². The van der Waals surface area contributed by atoms with E-state index in [1.165, 1.54) is 17.7 Å². The van der Waals surface area contributed by atoms with Gasteiger partial charge in [0.1, 0.15) is 5.82 Å². The lowest BCUT2D eigenvalue weighted by Gasteiger charge is -2.09. The van der Waals surface area contributed by atoms with Crippen LogP contribution in [0.3, 0.4) is 0 Å². The zero-order chi connectivity index (χ0) is 13.8. The fourth-order valence-corrected chi connectivity index (χ4v) is 3.09. The summed E-state index contributed by atoms with van der Waals surface area (Å²) in [7, 11) is 0. The molecular weight excluding hydrogens is 271 g/mol. The van der Waals surface area contributed by atoms with Crippen LogP contribution in [-0.4, -0.2) is 10.9 Å². The van der Waals surface area contributed by atoms with Gasteiger partial charge in [-0.15, -0.1) is 0 Å². The van der Waals surface area contributed by atoms with Crippen molar-refractivity contribution in [1.29, 1.82) is 0 Å². The van der Waals surface area contributed by atoms with Crippen LogP contribution in [0.15, 0.2) is 59.6 Å². The van der Waals surface area contributed by atoms with E-state index in [4.69, 9.17) is 0 Å². The molecule has 3 rings (SSSR count). The SMILES string of the molecule is Fc1ccc(CN=C2NC(c3ccccc3)CS2)cc1. The quantitative estimate of drug-likeness (QED) is 0.929. The van der Waals surface area contributed by atoms with Gasteiger partial charge in [-0.3, -0.25) is 4.99 Å². The predicted octanol–water partition coefficient (Wildman–Crippen LogP) is 3.76. The van der Waals surface area contributed by atoms with Gasteiger partial charge >= 0.3 is 0 Å². The molecule has 2 nitrogen and oxygen atoms in total. The van der Waals surface area contributed by atoms with E-state index in [0.717, 1.165) is 16.5 Å². The van der Waals surface area contributed by atoms with Crippen LogP contribution in [0, 0.1) is 5.82 Å². The molecule has 0 aliphatic carbocycles. The van der Waals surface area contributed by atoms with Gasteiger partial charge in [-0.05, 0) is 23.3 Å². The summed E-state index contributed by atoms with van der Waals surface area (Å²) in [5, 5.41) is 4.39. The number of benzene rings is 2. The van der Waals surface area contributed by atoms with Gasteiger partial charge in [0.2, 0.25) is 0 Å². The minimum absolute atomic E-state index is 0.209. The highest BCUT2D eigenvalue weighted by Gasteiger charge is 2.21. The average Bonchev–Trinajstić information content (AvgIpc) is 2.97. The zero-order valence-corrected chi connectivity index (χ0v) is 11.7. The third kappa shape index (κ3) is 3.20. The third-order valence-corrected chi connectivity index (χ3v) is 4.23. The average molecular weight is 286 g/mol. The molecule has 1 heterocycles. The molecule has 0 radical (unpaired) electrons. The van der Waals surface area contributed by atoms with Gasteiger partial charge in [0.25, 0.3) is 0 Å². The number of nitrogens with one attached hydrogen (secondary N) is 1. The Hall–Kier alpha value is -1.81. The Morgan fingerprint density at radius 3 is 2.60 bits per heavy atom. The second-order valence-corrected chi connectivity index (χ2v) is 5.68. The van der Waals surface area contributed by atoms with Gasteiger partial charge in [0, 0.05) is 5.75 Å². The molecular formula is C16H15FN2S. The summed E-state index contributed by atoms with van der Waals surface area (Å²) in [6, 6.07) is 17.2. The number of aliphatic imine (C=N–C) groups is 1. The maximum absolute atomic E-state index is 12.8. The second-order valence-electron chi connectivity index (χ2n) is 4.67. The van der Waals surface area contributed by atoms with Gasteiger partial charge < -0.3 is 5.32 Å². The van der Waals surface area contributed by atoms with Crippen LogP contribution in [0.25, 0.3) is 0 Å². The van der Waals surface area contributed by atoms with E-state index in [1.54, 1.807) is 23.9 Å². The first-order valence-electron chi connectivity index (χ1n) is 6.54. The molecule has 20 heavy (non-hydrogen) atoms. The molecule has 2 aromatic carbocycles. The summed E-state index contributed by atoms with van der Waals surface area (Å²) in [4.78, 5) is 4.54. The molecule has 1 aliphatic heterocycles. The monoisotopic (exact) mass is 286 g/mol. The van der Waals surface area contributed by atoms with Crippen molar-refractivity contribution in [1.82, 2.24) is 5.32 Å². The first-order chi connectivity index (χ1) is 9.81. The van der Waals surface area contributed by atoms with E-state index in [1.807, 2.05) is 6.07 Å². The number of nitrogens with zero attached hydrogens (tertiary/aromatic N) is 1. The molecule has 4 heteroatoms. The van der Waals surface area contributed by atoms with Crippen LogP contribution in [-0.2, 0) is 6.54 Å². The van der Waals surface area contributed by atoms with Crippen LogP contribution in [0.1, 0.15) is 17.2 Å². The first-order valence-corrected chi connectivity index (χ1v) is 7.53. The van der Waals surface area contributed by atoms with Crippen LogP contribution in [0.2, 0.25) is 0 Å². The van der Waals surface area contributed by atoms with E-state index in [9.17, 15) is 4.39 Å². The minimum Gasteiger partial charge on any atom is -0.357 e. The Bertz CT molecular complexity index is 596. The van der Waals surface area contributed by atoms with E-state index in [2.05, 4.69) is 34.6 Å². The normalized spacial score (nSPS) is 20.1. The predicted molar refractivity (Wildman–Crippen MR) is 82.3 cm³/mol. The molecule has 0 bridgehead atoms. The van der Waals surface area contributed by atoms with Crippen molar-refractivity contribution in [2.45, 2.75) is 12.6 Å². The number of thioether (sulfide) groups is 1. The van der Waals surface area contributed by atoms with Crippen molar-refractivity contribution in [3.8, 4) is 0 Å². The minimum atomic E-state index is -0.209. The maximum atomic E-state index is 12.8. The molecule has 0 spiro atoms. The Kier molecular flexibility index (Phi) is 4.02. The van der Waals surface area contributed by atoms with Crippen molar-refractivity contribution >= 4 is 16.9 Å². The van der Waals surface area contributed by atoms with Gasteiger partial charge in [-0.1, -0.05) is 54.2 Å². The highest BCUT2D eigenvalue weighted by atomic mass is 32.2. The summed E-state index contributed by atoms with van der Waals surface area (Å²) in [5.74, 6) is 0.783. The number of amidine groups is 1. The maximum Gasteiger partial charge on any atom is 0.157 e. The summed E-state index contributed by atoms with van der Waals surface area (Å²) in [6.45, 7) is 0.580. The lowest BCUT2D eigenvalue weighted by molar-refractivity contribution is 0.627. The molecule has 0 aromatic heterocycles. The number of hydrogen-bond donors (Lipinski definition) is 1. The van der Waals surface area contributed by atoms with Crippen LogP contribution >= 0.6 is 11.8 Å². The van der Waals surface area contributed by atoms with E-state index in [-0.39, 0.29) is 5.82 Å². The summed E-state index contributed by atoms with van der Waals surface area (Å²) in [5.41, 5.74) is 2.30. The molecule has 2 aromatic rings. The fourth-order valence-electron chi connectivity index (χ4n) is 2.10. The smallest absolute Gasteiger partial charge is 0.157 e. The van der Waals surface area contributed by atoms with Crippen molar-refractivity contribution in [3.63, 3.8) is 0 Å². The van der Waals surface area contributed by atoms with E-state index in [0.29, 0.717) is 12.6 Å². The number of halogens is 1. The Morgan fingerprint density at radius 2 is 1.85 bits per heavy atom. The molecule has 102 valence electrons. The Balaban J connectivity index is 1.62. The van der Waals surface area contributed by atoms with Crippen LogP contribution in [0.4, 0.5) is 4.39 Å². The molecule has 0 amide bonds. The summed E-state index contributed by atoms with van der Waals surface area (Å²) >= 11 is 1.73. The van der Waals surface area contributed by atoms with E-state index >= 15 is 0 Å². The Labute approximate surface area is 122 Å². The standard InChI is InChI=1S/C16H15FN2S/c17-14-8-6-12(7-9-14)10-18-16-19-15(11-20-16)13-4-2-1-3-5-13/h1-9,15H,10-11H2,(H,18,19). The number of hydrogen-bond acceptors (Lipinski definition) is 2. The van der Waals surface area contributed by atoms with Crippen molar-refractivity contribution in [2.75, 3.05) is 5.75 Å². The molecule has 1 saturated heterocycles. The lowest BCUT2D eigenvalue weighted by atomic mass is 10.1. The molecule has 1 aliphatic rings. The fraction of sp³-hybridized carbons (Fsp3) is 0.188. The second kappa shape index (κ2) is 6.09. The summed E-state index contributed by atoms with van der Waals surface area (Å²) < 4.78 is 12.8.